The molecule has 0 spiro atoms. The van der Waals surface area contributed by atoms with Crippen LogP contribution < -0.4 is 4.74 Å². The van der Waals surface area contributed by atoms with Gasteiger partial charge in [-0.3, -0.25) is 9.78 Å². The molecule has 0 unspecified atom stereocenters. The van der Waals surface area contributed by atoms with Gasteiger partial charge in [0, 0.05) is 21.6 Å². The van der Waals surface area contributed by atoms with Crippen LogP contribution in [0.2, 0.25) is 5.02 Å². The fraction of sp³-hybridized carbons (Fsp3) is 0.0588. The van der Waals surface area contributed by atoms with E-state index in [9.17, 15) is 4.79 Å². The normalized spacial score (nSPS) is 10.6. The molecule has 0 atom stereocenters. The number of ketones is 1. The number of carbonyl (C=O) groups excluding carboxylic acids is 1. The van der Waals surface area contributed by atoms with Crippen molar-refractivity contribution in [2.75, 3.05) is 6.61 Å². The van der Waals surface area contributed by atoms with Gasteiger partial charge in [-0.15, -0.1) is 0 Å². The molecule has 3 aromatic rings. The van der Waals surface area contributed by atoms with Gasteiger partial charge in [0.15, 0.2) is 12.4 Å². The van der Waals surface area contributed by atoms with Crippen molar-refractivity contribution in [2.24, 2.45) is 0 Å². The monoisotopic (exact) mass is 375 g/mol. The number of halogens is 2. The number of aromatic nitrogens is 1. The molecular formula is C17H11BrClNO2. The van der Waals surface area contributed by atoms with Crippen molar-refractivity contribution >= 4 is 44.2 Å². The summed E-state index contributed by atoms with van der Waals surface area (Å²) in [5, 5.41) is 1.41. The second-order valence-electron chi connectivity index (χ2n) is 4.66. The van der Waals surface area contributed by atoms with Gasteiger partial charge in [0.25, 0.3) is 0 Å². The zero-order valence-corrected chi connectivity index (χ0v) is 13.8. The first kappa shape index (κ1) is 15.0. The fourth-order valence-electron chi connectivity index (χ4n) is 2.09. The van der Waals surface area contributed by atoms with E-state index in [0.29, 0.717) is 21.9 Å². The molecule has 0 amide bonds. The zero-order valence-electron chi connectivity index (χ0n) is 11.4. The van der Waals surface area contributed by atoms with Crippen LogP contribution >= 0.6 is 27.5 Å². The topological polar surface area (TPSA) is 39.2 Å². The van der Waals surface area contributed by atoms with Gasteiger partial charge in [0.05, 0.1) is 5.02 Å². The molecule has 0 aliphatic carbocycles. The lowest BCUT2D eigenvalue weighted by Gasteiger charge is -2.09. The molecular weight excluding hydrogens is 366 g/mol. The van der Waals surface area contributed by atoms with Gasteiger partial charge < -0.3 is 4.74 Å². The Morgan fingerprint density at radius 2 is 1.91 bits per heavy atom. The van der Waals surface area contributed by atoms with Crippen LogP contribution in [0, 0.1) is 0 Å². The van der Waals surface area contributed by atoms with E-state index in [-0.39, 0.29) is 12.4 Å². The minimum atomic E-state index is -0.0912. The molecule has 0 N–H and O–H groups in total. The summed E-state index contributed by atoms with van der Waals surface area (Å²) < 4.78 is 6.57. The highest BCUT2D eigenvalue weighted by Gasteiger charge is 2.10. The number of hydrogen-bond donors (Lipinski definition) is 0. The predicted octanol–water partition coefficient (Wildman–Crippen LogP) is 4.91. The first-order chi connectivity index (χ1) is 10.6. The molecule has 5 heteroatoms. The van der Waals surface area contributed by atoms with E-state index in [4.69, 9.17) is 16.3 Å². The smallest absolute Gasteiger partial charge is 0.200 e. The molecule has 2 aromatic carbocycles. The molecule has 0 aliphatic heterocycles. The summed E-state index contributed by atoms with van der Waals surface area (Å²) in [5.41, 5.74) is 1.26. The number of carbonyl (C=O) groups is 1. The maximum atomic E-state index is 12.1. The van der Waals surface area contributed by atoms with Crippen molar-refractivity contribution in [1.82, 2.24) is 4.98 Å². The van der Waals surface area contributed by atoms with Crippen molar-refractivity contribution in [3.8, 4) is 5.75 Å². The van der Waals surface area contributed by atoms with Gasteiger partial charge >= 0.3 is 0 Å². The van der Waals surface area contributed by atoms with Crippen LogP contribution in [0.4, 0.5) is 0 Å². The maximum absolute atomic E-state index is 12.1. The Labute approximate surface area is 141 Å². The van der Waals surface area contributed by atoms with Crippen molar-refractivity contribution in [2.45, 2.75) is 0 Å². The van der Waals surface area contributed by atoms with Crippen molar-refractivity contribution in [3.63, 3.8) is 0 Å². The number of rotatable bonds is 4. The Hall–Kier alpha value is -1.91. The first-order valence-corrected chi connectivity index (χ1v) is 7.77. The van der Waals surface area contributed by atoms with Gasteiger partial charge in [-0.1, -0.05) is 39.7 Å². The van der Waals surface area contributed by atoms with Crippen LogP contribution in [0.5, 0.6) is 5.75 Å². The Kier molecular flexibility index (Phi) is 4.41. The van der Waals surface area contributed by atoms with Crippen LogP contribution in [0.1, 0.15) is 10.4 Å². The molecule has 22 heavy (non-hydrogen) atoms. The van der Waals surface area contributed by atoms with Gasteiger partial charge in [-0.2, -0.15) is 0 Å². The largest absolute Gasteiger partial charge is 0.483 e. The summed E-state index contributed by atoms with van der Waals surface area (Å²) in [6.45, 7) is -0.0467. The van der Waals surface area contributed by atoms with Crippen LogP contribution in [0.3, 0.4) is 0 Å². The highest BCUT2D eigenvalue weighted by atomic mass is 79.9. The molecule has 0 saturated carbocycles. The van der Waals surface area contributed by atoms with Crippen molar-refractivity contribution in [1.29, 1.82) is 0 Å². The second kappa shape index (κ2) is 6.46. The Balaban J connectivity index is 1.81. The number of nitrogens with zero attached hydrogens (tertiary/aromatic N) is 1. The molecule has 3 rings (SSSR count). The second-order valence-corrected chi connectivity index (χ2v) is 5.99. The van der Waals surface area contributed by atoms with Crippen molar-refractivity contribution < 1.29 is 9.53 Å². The summed E-state index contributed by atoms with van der Waals surface area (Å²) in [4.78, 5) is 16.4. The van der Waals surface area contributed by atoms with Crippen LogP contribution in [0.25, 0.3) is 10.9 Å². The SMILES string of the molecule is O=C(COc1ccc(Cl)c2cccnc12)c1ccc(Br)cc1. The number of Topliss-reactive ketones (excluding diaryl/α,β-unsaturated/α-hetero) is 1. The van der Waals surface area contributed by atoms with E-state index in [1.165, 1.54) is 0 Å². The van der Waals surface area contributed by atoms with E-state index in [2.05, 4.69) is 20.9 Å². The fourth-order valence-corrected chi connectivity index (χ4v) is 2.57. The van der Waals surface area contributed by atoms with Crippen LogP contribution in [-0.2, 0) is 0 Å². The summed E-state index contributed by atoms with van der Waals surface area (Å²) in [5.74, 6) is 0.456. The lowest BCUT2D eigenvalue weighted by atomic mass is 10.1. The van der Waals surface area contributed by atoms with Crippen LogP contribution in [0.15, 0.2) is 59.2 Å². The molecule has 110 valence electrons. The van der Waals surface area contributed by atoms with Gasteiger partial charge in [-0.05, 0) is 36.4 Å². The minimum absolute atomic E-state index is 0.0467. The summed E-state index contributed by atoms with van der Waals surface area (Å²) in [7, 11) is 0. The van der Waals surface area contributed by atoms with Crippen LogP contribution in [-0.4, -0.2) is 17.4 Å². The van der Waals surface area contributed by atoms with E-state index in [1.807, 2.05) is 24.3 Å². The maximum Gasteiger partial charge on any atom is 0.200 e. The van der Waals surface area contributed by atoms with E-state index in [1.54, 1.807) is 30.5 Å². The van der Waals surface area contributed by atoms with E-state index < -0.39 is 0 Å². The van der Waals surface area contributed by atoms with Gasteiger partial charge in [0.1, 0.15) is 11.3 Å². The molecule has 0 bridgehead atoms. The minimum Gasteiger partial charge on any atom is -0.483 e. The third-order valence-corrected chi connectivity index (χ3v) is 4.06. The number of hydrogen-bond acceptors (Lipinski definition) is 3. The first-order valence-electron chi connectivity index (χ1n) is 6.60. The number of fused-ring (bicyclic) bond motifs is 1. The Bertz CT molecular complexity index is 834. The molecule has 0 saturated heterocycles. The lowest BCUT2D eigenvalue weighted by molar-refractivity contribution is 0.0922. The third kappa shape index (κ3) is 3.13. The van der Waals surface area contributed by atoms with E-state index >= 15 is 0 Å². The molecule has 0 aliphatic rings. The van der Waals surface area contributed by atoms with E-state index in [0.717, 1.165) is 9.86 Å². The predicted molar refractivity (Wildman–Crippen MR) is 90.7 cm³/mol. The summed E-state index contributed by atoms with van der Waals surface area (Å²) >= 11 is 9.48. The van der Waals surface area contributed by atoms with Gasteiger partial charge in [-0.25, -0.2) is 0 Å². The Morgan fingerprint density at radius 1 is 1.14 bits per heavy atom. The summed E-state index contributed by atoms with van der Waals surface area (Å²) in [6.07, 6.45) is 1.67. The van der Waals surface area contributed by atoms with Gasteiger partial charge in [0.2, 0.25) is 0 Å². The summed E-state index contributed by atoms with van der Waals surface area (Å²) in [6, 6.07) is 14.3. The highest BCUT2D eigenvalue weighted by molar-refractivity contribution is 9.10. The average molecular weight is 377 g/mol. The Morgan fingerprint density at radius 3 is 2.68 bits per heavy atom. The number of ether oxygens (including phenoxy) is 1. The molecule has 1 heterocycles. The third-order valence-electron chi connectivity index (χ3n) is 3.20. The molecule has 0 fully saturated rings. The van der Waals surface area contributed by atoms with Crippen molar-refractivity contribution in [3.05, 3.63) is 69.8 Å². The average Bonchev–Trinajstić information content (AvgIpc) is 2.55. The standard InChI is InChI=1S/C17H11BrClNO2/c18-12-5-3-11(4-6-12)15(21)10-22-16-8-7-14(19)13-2-1-9-20-17(13)16/h1-9H,10H2. The number of benzene rings is 2. The lowest BCUT2D eigenvalue weighted by Crippen LogP contribution is -2.11. The quantitative estimate of drug-likeness (QED) is 0.607. The molecule has 1 aromatic heterocycles. The number of pyridine rings is 1. The zero-order chi connectivity index (χ0) is 15.5. The molecule has 3 nitrogen and oxygen atoms in total. The molecule has 0 radical (unpaired) electrons. The highest BCUT2D eigenvalue weighted by Crippen LogP contribution is 2.29.